The van der Waals surface area contributed by atoms with Crippen molar-refractivity contribution in [2.45, 2.75) is 63.7 Å². The molecule has 0 amide bonds. The van der Waals surface area contributed by atoms with Crippen LogP contribution in [0.1, 0.15) is 68.1 Å². The van der Waals surface area contributed by atoms with Gasteiger partial charge in [0.25, 0.3) is 0 Å². The Morgan fingerprint density at radius 2 is 1.26 bits per heavy atom. The zero-order chi connectivity index (χ0) is 28.5. The molecule has 4 rings (SSSR count). The van der Waals surface area contributed by atoms with Gasteiger partial charge in [-0.25, -0.2) is 17.6 Å². The number of rotatable bonds is 6. The maximum absolute atomic E-state index is 14.8. The first-order chi connectivity index (χ1) is 18.3. The lowest BCUT2D eigenvalue weighted by molar-refractivity contribution is -0.189. The van der Waals surface area contributed by atoms with Crippen molar-refractivity contribution in [2.75, 3.05) is 0 Å². The van der Waals surface area contributed by atoms with E-state index in [1.807, 2.05) is 12.1 Å². The van der Waals surface area contributed by atoms with Gasteiger partial charge in [-0.05, 0) is 59.9 Å². The van der Waals surface area contributed by atoms with Gasteiger partial charge in [-0.1, -0.05) is 50.5 Å². The van der Waals surface area contributed by atoms with Crippen molar-refractivity contribution in [3.05, 3.63) is 88.5 Å². The van der Waals surface area contributed by atoms with E-state index < -0.39 is 52.4 Å². The topological polar surface area (TPSA) is 9.23 Å². The largest absolute Gasteiger partial charge is 0.432 e. The zero-order valence-electron chi connectivity index (χ0n) is 20.8. The number of alkyl halides is 5. The number of halogens is 9. The Bertz CT molecular complexity index is 1270. The molecule has 1 nitrogen and oxygen atoms in total. The van der Waals surface area contributed by atoms with Crippen molar-refractivity contribution >= 4 is 0 Å². The molecule has 0 spiro atoms. The van der Waals surface area contributed by atoms with E-state index in [9.17, 15) is 39.5 Å². The molecule has 0 N–H and O–H groups in total. The molecule has 1 aliphatic rings. The second kappa shape index (κ2) is 11.1. The molecular formula is C29H25F9O. The smallest absolute Gasteiger partial charge is 0.429 e. The van der Waals surface area contributed by atoms with Gasteiger partial charge in [0, 0.05) is 12.1 Å². The van der Waals surface area contributed by atoms with Gasteiger partial charge in [0.2, 0.25) is 0 Å². The number of hydrogen-bond acceptors (Lipinski definition) is 1. The van der Waals surface area contributed by atoms with Crippen LogP contribution in [0.5, 0.6) is 5.75 Å². The average Bonchev–Trinajstić information content (AvgIpc) is 3.07. The Balaban J connectivity index is 1.56. The second-order valence-corrected chi connectivity index (χ2v) is 9.79. The summed E-state index contributed by atoms with van der Waals surface area (Å²) in [6.45, 7) is 2.18. The molecule has 39 heavy (non-hydrogen) atoms. The fourth-order valence-corrected chi connectivity index (χ4v) is 5.16. The molecule has 2 atom stereocenters. The molecule has 0 saturated heterocycles. The molecule has 0 aromatic heterocycles. The van der Waals surface area contributed by atoms with Crippen molar-refractivity contribution in [2.24, 2.45) is 5.92 Å². The minimum Gasteiger partial charge on any atom is -0.429 e. The summed E-state index contributed by atoms with van der Waals surface area (Å²) in [5.74, 6) is -8.17. The summed E-state index contributed by atoms with van der Waals surface area (Å²) < 4.78 is 129. The third-order valence-electron chi connectivity index (χ3n) is 7.26. The van der Waals surface area contributed by atoms with Crippen LogP contribution in [0.2, 0.25) is 0 Å². The predicted molar refractivity (Wildman–Crippen MR) is 127 cm³/mol. The Labute approximate surface area is 219 Å². The molecule has 1 aliphatic carbocycles. The van der Waals surface area contributed by atoms with Crippen LogP contribution in [-0.2, 0) is 12.3 Å². The Kier molecular flexibility index (Phi) is 8.23. The van der Waals surface area contributed by atoms with E-state index in [4.69, 9.17) is 0 Å². The van der Waals surface area contributed by atoms with Crippen LogP contribution in [0.15, 0.2) is 48.5 Å². The van der Waals surface area contributed by atoms with Gasteiger partial charge in [-0.2, -0.15) is 22.0 Å². The number of benzene rings is 3. The molecule has 1 fully saturated rings. The molecular weight excluding hydrogens is 535 g/mol. The highest BCUT2D eigenvalue weighted by molar-refractivity contribution is 5.64. The maximum Gasteiger partial charge on any atom is 0.432 e. The van der Waals surface area contributed by atoms with Crippen LogP contribution in [-0.4, -0.2) is 0 Å². The summed E-state index contributed by atoms with van der Waals surface area (Å²) in [5, 5.41) is 0. The van der Waals surface area contributed by atoms with Crippen LogP contribution in [0.4, 0.5) is 39.5 Å². The fourth-order valence-electron chi connectivity index (χ4n) is 5.16. The minimum absolute atomic E-state index is 0.0327. The highest BCUT2D eigenvalue weighted by Crippen LogP contribution is 2.41. The van der Waals surface area contributed by atoms with Gasteiger partial charge in [0.05, 0.1) is 0 Å². The predicted octanol–water partition coefficient (Wildman–Crippen LogP) is 10.1. The molecule has 0 aliphatic heterocycles. The second-order valence-electron chi connectivity index (χ2n) is 9.79. The van der Waals surface area contributed by atoms with Crippen LogP contribution in [0, 0.1) is 29.2 Å². The van der Waals surface area contributed by atoms with Crippen molar-refractivity contribution in [1.29, 1.82) is 0 Å². The average molecular weight is 560 g/mol. The molecule has 0 bridgehead atoms. The summed E-state index contributed by atoms with van der Waals surface area (Å²) in [7, 11) is 0. The highest BCUT2D eigenvalue weighted by atomic mass is 19.4. The van der Waals surface area contributed by atoms with Crippen LogP contribution < -0.4 is 4.74 Å². The van der Waals surface area contributed by atoms with Gasteiger partial charge in [0.1, 0.15) is 40.1 Å². The third-order valence-corrected chi connectivity index (χ3v) is 7.26. The molecule has 2 unspecified atom stereocenters. The van der Waals surface area contributed by atoms with E-state index >= 15 is 0 Å². The van der Waals surface area contributed by atoms with E-state index in [1.54, 1.807) is 12.1 Å². The zero-order valence-corrected chi connectivity index (χ0v) is 20.8. The molecule has 0 heterocycles. The number of hydrogen-bond donors (Lipinski definition) is 0. The van der Waals surface area contributed by atoms with Gasteiger partial charge in [-0.3, -0.25) is 0 Å². The van der Waals surface area contributed by atoms with E-state index in [0.29, 0.717) is 29.5 Å². The lowest BCUT2D eigenvalue weighted by Gasteiger charge is -2.21. The third kappa shape index (κ3) is 6.36. The Morgan fingerprint density at radius 1 is 0.692 bits per heavy atom. The molecule has 3 aromatic carbocycles. The number of ether oxygens (including phenoxy) is 1. The first-order valence-electron chi connectivity index (χ1n) is 12.5. The molecule has 3 aromatic rings. The summed E-state index contributed by atoms with van der Waals surface area (Å²) in [5.41, 5.74) is -2.74. The van der Waals surface area contributed by atoms with Crippen LogP contribution in [0.25, 0.3) is 11.1 Å². The van der Waals surface area contributed by atoms with Gasteiger partial charge < -0.3 is 4.74 Å². The first-order valence-corrected chi connectivity index (χ1v) is 12.5. The van der Waals surface area contributed by atoms with Crippen LogP contribution >= 0.6 is 0 Å². The van der Waals surface area contributed by atoms with Crippen molar-refractivity contribution in [1.82, 2.24) is 0 Å². The summed E-state index contributed by atoms with van der Waals surface area (Å²) in [6, 6.07) is 8.04. The highest BCUT2D eigenvalue weighted by Gasteiger charge is 2.43. The quantitative estimate of drug-likeness (QED) is 0.215. The van der Waals surface area contributed by atoms with E-state index in [-0.39, 0.29) is 17.7 Å². The lowest BCUT2D eigenvalue weighted by Crippen LogP contribution is -2.25. The standard InChI is InChI=1S/C29H25F9O/c1-2-16-4-3-5-17(7-6-16)18-8-10-19(11-9-18)20-12-22(30)27(23(31)13-20)29(37,38)39-21-14-24(32)26(25(33)15-21)28(34,35)36/h8-17H,2-7H2,1H3. The lowest BCUT2D eigenvalue weighted by atomic mass is 9.89. The van der Waals surface area contributed by atoms with Gasteiger partial charge >= 0.3 is 12.3 Å². The molecule has 0 radical (unpaired) electrons. The van der Waals surface area contributed by atoms with Gasteiger partial charge in [-0.15, -0.1) is 0 Å². The van der Waals surface area contributed by atoms with Crippen molar-refractivity contribution in [3.63, 3.8) is 0 Å². The molecule has 10 heteroatoms. The SMILES string of the molecule is CCC1CCCC(c2ccc(-c3cc(F)c(C(F)(F)Oc4cc(F)c(C(F)(F)F)c(F)c4)c(F)c3)cc2)CC1. The van der Waals surface area contributed by atoms with E-state index in [0.717, 1.165) is 37.7 Å². The normalized spacial score (nSPS) is 18.6. The van der Waals surface area contributed by atoms with Crippen molar-refractivity contribution in [3.8, 4) is 16.9 Å². The fraction of sp³-hybridized carbons (Fsp3) is 0.379. The minimum atomic E-state index is -5.44. The summed E-state index contributed by atoms with van der Waals surface area (Å²) in [6.07, 6.45) is -3.59. The Hall–Kier alpha value is -3.17. The maximum atomic E-state index is 14.8. The van der Waals surface area contributed by atoms with E-state index in [2.05, 4.69) is 11.7 Å². The molecule has 1 saturated carbocycles. The summed E-state index contributed by atoms with van der Waals surface area (Å²) in [4.78, 5) is 0. The van der Waals surface area contributed by atoms with Crippen molar-refractivity contribution < 1.29 is 44.3 Å². The van der Waals surface area contributed by atoms with Gasteiger partial charge in [0.15, 0.2) is 0 Å². The summed E-state index contributed by atoms with van der Waals surface area (Å²) >= 11 is 0. The van der Waals surface area contributed by atoms with E-state index in [1.165, 1.54) is 6.42 Å². The molecule has 210 valence electrons. The Morgan fingerprint density at radius 3 is 1.79 bits per heavy atom. The monoisotopic (exact) mass is 560 g/mol. The van der Waals surface area contributed by atoms with Crippen LogP contribution in [0.3, 0.4) is 0 Å². The first kappa shape index (κ1) is 28.8.